The highest BCUT2D eigenvalue weighted by Gasteiger charge is 1.90. The fourth-order valence-corrected chi connectivity index (χ4v) is 0.917. The summed E-state index contributed by atoms with van der Waals surface area (Å²) in [5.41, 5.74) is 12.3. The second-order valence-corrected chi connectivity index (χ2v) is 2.63. The third-order valence-electron chi connectivity index (χ3n) is 1.50. The zero-order chi connectivity index (χ0) is 10.2. The summed E-state index contributed by atoms with van der Waals surface area (Å²) in [4.78, 5) is 3.06. The van der Waals surface area contributed by atoms with Gasteiger partial charge in [-0.3, -0.25) is 0 Å². The molecular formula is C11H13N3. The Hall–Kier alpha value is -1.68. The Morgan fingerprint density at radius 2 is 1.71 bits per heavy atom. The number of hydrogen-bond donors (Lipinski definition) is 3. The van der Waals surface area contributed by atoms with E-state index in [1.807, 2.05) is 12.1 Å². The van der Waals surface area contributed by atoms with E-state index in [4.69, 9.17) is 11.5 Å². The van der Waals surface area contributed by atoms with Crippen molar-refractivity contribution in [1.82, 2.24) is 4.98 Å². The molecule has 72 valence electrons. The van der Waals surface area contributed by atoms with Gasteiger partial charge in [0.25, 0.3) is 0 Å². The lowest BCUT2D eigenvalue weighted by Crippen LogP contribution is -1.95. The molecule has 1 heterocycles. The molecule has 1 rings (SSSR count). The van der Waals surface area contributed by atoms with Crippen LogP contribution in [0.4, 0.5) is 0 Å². The molecule has 0 saturated carbocycles. The third-order valence-corrected chi connectivity index (χ3v) is 1.50. The van der Waals surface area contributed by atoms with Crippen molar-refractivity contribution >= 4 is 0 Å². The van der Waals surface area contributed by atoms with Gasteiger partial charge < -0.3 is 16.5 Å². The molecule has 0 bridgehead atoms. The van der Waals surface area contributed by atoms with Crippen molar-refractivity contribution in [3.8, 4) is 23.7 Å². The Labute approximate surface area is 83.9 Å². The van der Waals surface area contributed by atoms with Gasteiger partial charge in [0.05, 0.1) is 17.9 Å². The summed E-state index contributed by atoms with van der Waals surface area (Å²) in [5.74, 6) is 11.6. The average Bonchev–Trinajstić information content (AvgIpc) is 2.63. The minimum atomic E-state index is 0.368. The second kappa shape index (κ2) is 5.88. The predicted octanol–water partition coefficient (Wildman–Crippen LogP) is 0.0252. The standard InChI is InChI=1S/C11H13N3/c12-8-2-1-4-10-6-7-11(14-10)5-3-9-13/h6-7,14H,2,8-9,12-13H2. The molecule has 5 N–H and O–H groups in total. The molecule has 0 atom stereocenters. The van der Waals surface area contributed by atoms with Crippen molar-refractivity contribution < 1.29 is 0 Å². The SMILES string of the molecule is NCC#Cc1ccc(C#CCCN)[nH]1. The van der Waals surface area contributed by atoms with E-state index in [0.29, 0.717) is 19.5 Å². The molecule has 0 aliphatic rings. The molecular weight excluding hydrogens is 174 g/mol. The van der Waals surface area contributed by atoms with Gasteiger partial charge in [0.2, 0.25) is 0 Å². The summed E-state index contributed by atoms with van der Waals surface area (Å²) in [5, 5.41) is 0. The summed E-state index contributed by atoms with van der Waals surface area (Å²) in [6.45, 7) is 0.959. The quantitative estimate of drug-likeness (QED) is 0.543. The van der Waals surface area contributed by atoms with Crippen molar-refractivity contribution in [2.24, 2.45) is 11.5 Å². The van der Waals surface area contributed by atoms with E-state index in [1.54, 1.807) is 0 Å². The molecule has 3 nitrogen and oxygen atoms in total. The summed E-state index contributed by atoms with van der Waals surface area (Å²) >= 11 is 0. The summed E-state index contributed by atoms with van der Waals surface area (Å²) < 4.78 is 0. The predicted molar refractivity (Wildman–Crippen MR) is 57.3 cm³/mol. The van der Waals surface area contributed by atoms with Gasteiger partial charge in [-0.25, -0.2) is 0 Å². The molecule has 0 spiro atoms. The van der Waals surface area contributed by atoms with Crippen LogP contribution >= 0.6 is 0 Å². The molecule has 1 aromatic rings. The number of hydrogen-bond acceptors (Lipinski definition) is 2. The number of nitrogens with two attached hydrogens (primary N) is 2. The van der Waals surface area contributed by atoms with Gasteiger partial charge >= 0.3 is 0 Å². The van der Waals surface area contributed by atoms with Crippen LogP contribution in [0.3, 0.4) is 0 Å². The smallest absolute Gasteiger partial charge is 0.0903 e. The second-order valence-electron chi connectivity index (χ2n) is 2.63. The van der Waals surface area contributed by atoms with E-state index in [1.165, 1.54) is 0 Å². The summed E-state index contributed by atoms with van der Waals surface area (Å²) in [6, 6.07) is 3.78. The zero-order valence-corrected chi connectivity index (χ0v) is 7.93. The monoisotopic (exact) mass is 187 g/mol. The molecule has 0 amide bonds. The molecule has 0 radical (unpaired) electrons. The molecule has 14 heavy (non-hydrogen) atoms. The van der Waals surface area contributed by atoms with E-state index in [-0.39, 0.29) is 0 Å². The Bertz CT molecular complexity index is 395. The largest absolute Gasteiger partial charge is 0.342 e. The zero-order valence-electron chi connectivity index (χ0n) is 7.93. The summed E-state index contributed by atoms with van der Waals surface area (Å²) in [7, 11) is 0. The van der Waals surface area contributed by atoms with Crippen LogP contribution in [0.5, 0.6) is 0 Å². The van der Waals surface area contributed by atoms with Crippen LogP contribution < -0.4 is 11.5 Å². The molecule has 0 saturated heterocycles. The van der Waals surface area contributed by atoms with Gasteiger partial charge in [0.15, 0.2) is 0 Å². The van der Waals surface area contributed by atoms with Crippen molar-refractivity contribution in [3.63, 3.8) is 0 Å². The Balaban J connectivity index is 2.65. The third kappa shape index (κ3) is 3.37. The van der Waals surface area contributed by atoms with E-state index in [0.717, 1.165) is 11.4 Å². The highest BCUT2D eigenvalue weighted by molar-refractivity contribution is 5.37. The van der Waals surface area contributed by atoms with Gasteiger partial charge in [-0.15, -0.1) is 0 Å². The van der Waals surface area contributed by atoms with Gasteiger partial charge in [0.1, 0.15) is 0 Å². The van der Waals surface area contributed by atoms with Crippen molar-refractivity contribution in [1.29, 1.82) is 0 Å². The van der Waals surface area contributed by atoms with E-state index in [2.05, 4.69) is 28.7 Å². The fraction of sp³-hybridized carbons (Fsp3) is 0.273. The van der Waals surface area contributed by atoms with Crippen LogP contribution in [0.15, 0.2) is 12.1 Å². The number of nitrogens with one attached hydrogen (secondary N) is 1. The first-order valence-electron chi connectivity index (χ1n) is 4.43. The highest BCUT2D eigenvalue weighted by atomic mass is 14.7. The Morgan fingerprint density at radius 1 is 1.07 bits per heavy atom. The first-order chi connectivity index (χ1) is 6.86. The first-order valence-corrected chi connectivity index (χ1v) is 4.43. The molecule has 0 fully saturated rings. The van der Waals surface area contributed by atoms with Gasteiger partial charge in [-0.2, -0.15) is 0 Å². The fourth-order valence-electron chi connectivity index (χ4n) is 0.917. The maximum atomic E-state index is 5.31. The van der Waals surface area contributed by atoms with Crippen LogP contribution in [0, 0.1) is 23.7 Å². The van der Waals surface area contributed by atoms with Gasteiger partial charge in [-0.05, 0) is 24.0 Å². The number of rotatable bonds is 1. The minimum absolute atomic E-state index is 0.368. The topological polar surface area (TPSA) is 67.8 Å². The molecule has 0 unspecified atom stereocenters. The number of H-pyrrole nitrogens is 1. The molecule has 0 aromatic carbocycles. The van der Waals surface area contributed by atoms with Crippen LogP contribution in [-0.4, -0.2) is 18.1 Å². The Kier molecular flexibility index (Phi) is 4.37. The minimum Gasteiger partial charge on any atom is -0.342 e. The number of aromatic nitrogens is 1. The molecule has 0 aliphatic carbocycles. The van der Waals surface area contributed by atoms with Crippen LogP contribution in [0.2, 0.25) is 0 Å². The maximum absolute atomic E-state index is 5.31. The lowest BCUT2D eigenvalue weighted by Gasteiger charge is -1.82. The van der Waals surface area contributed by atoms with Crippen LogP contribution in [0.25, 0.3) is 0 Å². The normalized spacial score (nSPS) is 8.43. The van der Waals surface area contributed by atoms with E-state index < -0.39 is 0 Å². The molecule has 0 aliphatic heterocycles. The average molecular weight is 187 g/mol. The Morgan fingerprint density at radius 3 is 2.29 bits per heavy atom. The molecule has 3 heteroatoms. The lowest BCUT2D eigenvalue weighted by atomic mass is 10.4. The first kappa shape index (κ1) is 10.4. The number of aromatic amines is 1. The molecule has 1 aromatic heterocycles. The van der Waals surface area contributed by atoms with E-state index >= 15 is 0 Å². The van der Waals surface area contributed by atoms with Crippen molar-refractivity contribution in [2.75, 3.05) is 13.1 Å². The highest BCUT2D eigenvalue weighted by Crippen LogP contribution is 1.98. The maximum Gasteiger partial charge on any atom is 0.0903 e. The van der Waals surface area contributed by atoms with E-state index in [9.17, 15) is 0 Å². The van der Waals surface area contributed by atoms with Crippen LogP contribution in [0.1, 0.15) is 17.8 Å². The lowest BCUT2D eigenvalue weighted by molar-refractivity contribution is 1.03. The van der Waals surface area contributed by atoms with Gasteiger partial charge in [-0.1, -0.05) is 11.8 Å². The van der Waals surface area contributed by atoms with Crippen molar-refractivity contribution in [2.45, 2.75) is 6.42 Å². The van der Waals surface area contributed by atoms with Crippen molar-refractivity contribution in [3.05, 3.63) is 23.5 Å². The van der Waals surface area contributed by atoms with Gasteiger partial charge in [0, 0.05) is 13.0 Å². The summed E-state index contributed by atoms with van der Waals surface area (Å²) in [6.07, 6.45) is 0.711. The van der Waals surface area contributed by atoms with Crippen LogP contribution in [-0.2, 0) is 0 Å².